The molecule has 0 radical (unpaired) electrons. The first-order valence-electron chi connectivity index (χ1n) is 13.2. The summed E-state index contributed by atoms with van der Waals surface area (Å²) in [5, 5.41) is 2.68. The first kappa shape index (κ1) is 29.6. The second-order valence-corrected chi connectivity index (χ2v) is 10.1. The van der Waals surface area contributed by atoms with Crippen LogP contribution in [0.25, 0.3) is 0 Å². The van der Waals surface area contributed by atoms with Crippen molar-refractivity contribution in [3.63, 3.8) is 0 Å². The highest BCUT2D eigenvalue weighted by molar-refractivity contribution is 6.01. The minimum atomic E-state index is -5.11. The highest BCUT2D eigenvalue weighted by Crippen LogP contribution is 2.46. The van der Waals surface area contributed by atoms with E-state index < -0.39 is 52.8 Å². The van der Waals surface area contributed by atoms with Gasteiger partial charge < -0.3 is 19.4 Å². The molecule has 3 aromatic rings. The van der Waals surface area contributed by atoms with Gasteiger partial charge in [0.1, 0.15) is 5.76 Å². The molecular weight excluding hydrogens is 568 g/mol. The Hall–Kier alpha value is -3.84. The maximum absolute atomic E-state index is 13.9. The number of hydrogen-bond donors (Lipinski definition) is 1. The predicted octanol–water partition coefficient (Wildman–Crippen LogP) is 5.25. The molecular formula is C29H27F6N3O4. The van der Waals surface area contributed by atoms with E-state index in [9.17, 15) is 35.9 Å². The number of hydrogen-bond acceptors (Lipinski definition) is 5. The molecule has 7 nitrogen and oxygen atoms in total. The standard InChI is InChI=1S/C29H27F6N3O4/c30-28(31,32)19-14-18(15-20(16-19)29(33,34)35)25-24(26(39)36-17-21-4-3-11-42-21)22-5-1-2-6-23(22)27(40)38(25)8-7-37-9-12-41-13-10-37/h1-6,11,14-16,24-25H,7-10,12-13,17H2,(H,36,39). The lowest BCUT2D eigenvalue weighted by molar-refractivity contribution is -0.143. The Labute approximate surface area is 237 Å². The molecule has 1 saturated heterocycles. The summed E-state index contributed by atoms with van der Waals surface area (Å²) in [5.41, 5.74) is -3.14. The Morgan fingerprint density at radius 3 is 2.19 bits per heavy atom. The molecule has 2 aliphatic heterocycles. The smallest absolute Gasteiger partial charge is 0.416 e. The van der Waals surface area contributed by atoms with Crippen molar-refractivity contribution in [2.75, 3.05) is 39.4 Å². The molecule has 1 N–H and O–H groups in total. The van der Waals surface area contributed by atoms with E-state index >= 15 is 0 Å². The molecule has 0 bridgehead atoms. The Morgan fingerprint density at radius 2 is 1.57 bits per heavy atom. The largest absolute Gasteiger partial charge is 0.467 e. The molecule has 0 saturated carbocycles. The summed E-state index contributed by atoms with van der Waals surface area (Å²) in [7, 11) is 0. The van der Waals surface area contributed by atoms with Crippen LogP contribution in [0.1, 0.15) is 50.3 Å². The van der Waals surface area contributed by atoms with Gasteiger partial charge in [-0.1, -0.05) is 18.2 Å². The summed E-state index contributed by atoms with van der Waals surface area (Å²) in [6.07, 6.45) is -8.82. The van der Waals surface area contributed by atoms with E-state index in [1.54, 1.807) is 24.3 Å². The van der Waals surface area contributed by atoms with Gasteiger partial charge in [0, 0.05) is 31.7 Å². The number of amides is 2. The van der Waals surface area contributed by atoms with Crippen LogP contribution >= 0.6 is 0 Å². The lowest BCUT2D eigenvalue weighted by Gasteiger charge is -2.43. The third-order valence-electron chi connectivity index (χ3n) is 7.45. The van der Waals surface area contributed by atoms with E-state index in [1.165, 1.54) is 23.3 Å². The zero-order chi connectivity index (χ0) is 30.1. The van der Waals surface area contributed by atoms with Crippen LogP contribution in [0.5, 0.6) is 0 Å². The van der Waals surface area contributed by atoms with Crippen molar-refractivity contribution in [1.29, 1.82) is 0 Å². The average Bonchev–Trinajstić information content (AvgIpc) is 3.48. The molecule has 2 aliphatic rings. The van der Waals surface area contributed by atoms with Crippen LogP contribution in [0.3, 0.4) is 0 Å². The normalized spacial score (nSPS) is 20.0. The van der Waals surface area contributed by atoms with Gasteiger partial charge in [-0.15, -0.1) is 0 Å². The van der Waals surface area contributed by atoms with E-state index in [2.05, 4.69) is 5.32 Å². The molecule has 0 spiro atoms. The van der Waals surface area contributed by atoms with Crippen LogP contribution in [0, 0.1) is 0 Å². The maximum Gasteiger partial charge on any atom is 0.416 e. The second-order valence-electron chi connectivity index (χ2n) is 10.1. The van der Waals surface area contributed by atoms with Crippen molar-refractivity contribution < 1.29 is 45.1 Å². The van der Waals surface area contributed by atoms with Crippen molar-refractivity contribution in [3.05, 3.63) is 94.4 Å². The number of ether oxygens (including phenoxy) is 1. The fraction of sp³-hybridized carbons (Fsp3) is 0.379. The molecule has 42 heavy (non-hydrogen) atoms. The molecule has 0 aliphatic carbocycles. The minimum Gasteiger partial charge on any atom is -0.467 e. The van der Waals surface area contributed by atoms with E-state index in [0.717, 1.165) is 0 Å². The summed E-state index contributed by atoms with van der Waals surface area (Å²) < 4.78 is 93.9. The van der Waals surface area contributed by atoms with Crippen LogP contribution in [0.2, 0.25) is 0 Å². The zero-order valence-corrected chi connectivity index (χ0v) is 22.2. The van der Waals surface area contributed by atoms with Gasteiger partial charge in [-0.25, -0.2) is 0 Å². The molecule has 5 rings (SSSR count). The number of furan rings is 1. The van der Waals surface area contributed by atoms with Crippen molar-refractivity contribution in [2.24, 2.45) is 0 Å². The molecule has 2 amide bonds. The summed E-state index contributed by atoms with van der Waals surface area (Å²) in [6.45, 7) is 2.13. The van der Waals surface area contributed by atoms with Gasteiger partial charge in [-0.3, -0.25) is 14.5 Å². The quantitative estimate of drug-likeness (QED) is 0.378. The first-order valence-corrected chi connectivity index (χ1v) is 13.2. The van der Waals surface area contributed by atoms with E-state index in [0.29, 0.717) is 44.2 Å². The molecule has 224 valence electrons. The number of carbonyl (C=O) groups excluding carboxylic acids is 2. The van der Waals surface area contributed by atoms with Crippen LogP contribution in [-0.4, -0.2) is 61.0 Å². The lowest BCUT2D eigenvalue weighted by atomic mass is 9.78. The monoisotopic (exact) mass is 595 g/mol. The number of fused-ring (bicyclic) bond motifs is 1. The van der Waals surface area contributed by atoms with Gasteiger partial charge in [0.25, 0.3) is 5.91 Å². The summed E-state index contributed by atoms with van der Waals surface area (Å²) >= 11 is 0. The van der Waals surface area contributed by atoms with Gasteiger partial charge in [-0.05, 0) is 47.5 Å². The Bertz CT molecular complexity index is 1390. The molecule has 2 atom stereocenters. The molecule has 1 aromatic heterocycles. The Balaban J connectivity index is 1.64. The number of halogens is 6. The summed E-state index contributed by atoms with van der Waals surface area (Å²) in [5.74, 6) is -2.20. The van der Waals surface area contributed by atoms with E-state index in [4.69, 9.17) is 9.15 Å². The van der Waals surface area contributed by atoms with Gasteiger partial charge in [-0.2, -0.15) is 26.3 Å². The topological polar surface area (TPSA) is 75.0 Å². The van der Waals surface area contributed by atoms with Gasteiger partial charge in [0.05, 0.1) is 49.1 Å². The highest BCUT2D eigenvalue weighted by Gasteiger charge is 2.46. The van der Waals surface area contributed by atoms with E-state index in [1.807, 2.05) is 4.90 Å². The molecule has 1 fully saturated rings. The van der Waals surface area contributed by atoms with Crippen LogP contribution in [0.15, 0.2) is 65.3 Å². The third kappa shape index (κ3) is 6.31. The van der Waals surface area contributed by atoms with Crippen LogP contribution in [-0.2, 0) is 28.4 Å². The first-order chi connectivity index (χ1) is 19.9. The SMILES string of the molecule is O=C(NCc1ccco1)C1c2ccccc2C(=O)N(CCN2CCOCC2)C1c1cc(C(F)(F)F)cc(C(F)(F)F)c1. The second kappa shape index (κ2) is 11.8. The summed E-state index contributed by atoms with van der Waals surface area (Å²) in [6, 6.07) is 9.10. The van der Waals surface area contributed by atoms with Gasteiger partial charge in [0.2, 0.25) is 5.91 Å². The van der Waals surface area contributed by atoms with Crippen molar-refractivity contribution in [3.8, 4) is 0 Å². The third-order valence-corrected chi connectivity index (χ3v) is 7.45. The highest BCUT2D eigenvalue weighted by atomic mass is 19.4. The number of benzene rings is 2. The lowest BCUT2D eigenvalue weighted by Crippen LogP contribution is -2.50. The maximum atomic E-state index is 13.9. The number of alkyl halides is 6. The molecule has 13 heteroatoms. The molecule has 2 aromatic carbocycles. The van der Waals surface area contributed by atoms with Gasteiger partial charge in [0.15, 0.2) is 0 Å². The minimum absolute atomic E-state index is 0.0339. The zero-order valence-electron chi connectivity index (χ0n) is 22.2. The number of nitrogens with one attached hydrogen (secondary N) is 1. The number of morpholine rings is 1. The van der Waals surface area contributed by atoms with Crippen LogP contribution < -0.4 is 5.32 Å². The predicted molar refractivity (Wildman–Crippen MR) is 137 cm³/mol. The Kier molecular flexibility index (Phi) is 8.33. The van der Waals surface area contributed by atoms with Crippen molar-refractivity contribution >= 4 is 11.8 Å². The molecule has 3 heterocycles. The summed E-state index contributed by atoms with van der Waals surface area (Å²) in [4.78, 5) is 30.8. The number of nitrogens with zero attached hydrogens (tertiary/aromatic N) is 2. The van der Waals surface area contributed by atoms with E-state index in [-0.39, 0.29) is 36.8 Å². The molecule has 2 unspecified atom stereocenters. The van der Waals surface area contributed by atoms with Crippen molar-refractivity contribution in [2.45, 2.75) is 30.9 Å². The van der Waals surface area contributed by atoms with Gasteiger partial charge >= 0.3 is 12.4 Å². The number of carbonyl (C=O) groups is 2. The fourth-order valence-electron chi connectivity index (χ4n) is 5.41. The van der Waals surface area contributed by atoms with Crippen LogP contribution in [0.4, 0.5) is 26.3 Å². The average molecular weight is 596 g/mol. The van der Waals surface area contributed by atoms with Crippen molar-refractivity contribution in [1.82, 2.24) is 15.1 Å². The number of rotatable bonds is 7. The Morgan fingerprint density at radius 1 is 0.905 bits per heavy atom. The fourth-order valence-corrected chi connectivity index (χ4v) is 5.41.